The number of hydrogen-bond acceptors (Lipinski definition) is 6. The predicted molar refractivity (Wildman–Crippen MR) is 102 cm³/mol. The Labute approximate surface area is 159 Å². The normalized spacial score (nSPS) is 10.5. The van der Waals surface area contributed by atoms with Gasteiger partial charge in [-0.15, -0.1) is 11.3 Å². The van der Waals surface area contributed by atoms with E-state index in [1.807, 2.05) is 6.07 Å². The molecule has 0 spiro atoms. The number of nitro benzene ring substituents is 1. The second-order valence-corrected chi connectivity index (χ2v) is 7.13. The van der Waals surface area contributed by atoms with Gasteiger partial charge in [0.05, 0.1) is 10.6 Å². The van der Waals surface area contributed by atoms with Crippen LogP contribution < -0.4 is 5.32 Å². The number of halogens is 1. The van der Waals surface area contributed by atoms with Gasteiger partial charge >= 0.3 is 5.97 Å². The van der Waals surface area contributed by atoms with Gasteiger partial charge in [-0.25, -0.2) is 4.79 Å². The van der Waals surface area contributed by atoms with E-state index in [0.717, 1.165) is 16.0 Å². The van der Waals surface area contributed by atoms with Crippen molar-refractivity contribution in [3.05, 3.63) is 68.0 Å². The zero-order valence-corrected chi connectivity index (χ0v) is 15.5. The number of nitrogens with zero attached hydrogens (tertiary/aromatic N) is 1. The molecule has 0 bridgehead atoms. The van der Waals surface area contributed by atoms with Crippen LogP contribution >= 0.6 is 27.3 Å². The topological polar surface area (TPSA) is 98.5 Å². The molecule has 0 aliphatic rings. The fourth-order valence-electron chi connectivity index (χ4n) is 2.20. The molecule has 26 heavy (non-hydrogen) atoms. The summed E-state index contributed by atoms with van der Waals surface area (Å²) < 4.78 is 6.46. The Morgan fingerprint density at radius 2 is 1.96 bits per heavy atom. The summed E-state index contributed by atoms with van der Waals surface area (Å²) in [7, 11) is 0. The first-order chi connectivity index (χ1) is 12.4. The van der Waals surface area contributed by atoms with Gasteiger partial charge in [-0.05, 0) is 40.2 Å². The number of nitrogens with one attached hydrogen (secondary N) is 1. The van der Waals surface area contributed by atoms with Gasteiger partial charge in [-0.1, -0.05) is 12.1 Å². The van der Waals surface area contributed by atoms with E-state index in [-0.39, 0.29) is 10.6 Å². The number of rotatable bonds is 5. The Balaban J connectivity index is 1.64. The third-order valence-electron chi connectivity index (χ3n) is 3.39. The first kappa shape index (κ1) is 18.0. The molecule has 0 fully saturated rings. The van der Waals surface area contributed by atoms with E-state index >= 15 is 0 Å². The van der Waals surface area contributed by atoms with E-state index in [2.05, 4.69) is 21.2 Å². The van der Waals surface area contributed by atoms with Crippen LogP contribution in [0.3, 0.4) is 0 Å². The lowest BCUT2D eigenvalue weighted by molar-refractivity contribution is -0.384. The van der Waals surface area contributed by atoms with Crippen molar-refractivity contribution in [2.45, 2.75) is 0 Å². The van der Waals surface area contributed by atoms with Crippen LogP contribution in [-0.2, 0) is 9.53 Å². The first-order valence-corrected chi connectivity index (χ1v) is 8.94. The van der Waals surface area contributed by atoms with Crippen molar-refractivity contribution in [1.82, 2.24) is 0 Å². The van der Waals surface area contributed by atoms with Gasteiger partial charge in [-0.2, -0.15) is 0 Å². The largest absolute Gasteiger partial charge is 0.451 e. The highest BCUT2D eigenvalue weighted by Gasteiger charge is 2.16. The monoisotopic (exact) mass is 434 g/mol. The molecule has 0 aliphatic carbocycles. The lowest BCUT2D eigenvalue weighted by Gasteiger charge is -2.07. The molecule has 3 aromatic rings. The number of ether oxygens (including phenoxy) is 1. The summed E-state index contributed by atoms with van der Waals surface area (Å²) in [5.41, 5.74) is 0.519. The lowest BCUT2D eigenvalue weighted by atomic mass is 10.2. The molecule has 1 amide bonds. The highest BCUT2D eigenvalue weighted by Crippen LogP contribution is 2.29. The van der Waals surface area contributed by atoms with Gasteiger partial charge < -0.3 is 10.1 Å². The number of hydrogen-bond donors (Lipinski definition) is 1. The summed E-state index contributed by atoms with van der Waals surface area (Å²) in [6.07, 6.45) is 0. The number of anilines is 1. The molecule has 1 N–H and O–H groups in total. The number of nitro groups is 1. The average molecular weight is 435 g/mol. The van der Waals surface area contributed by atoms with Gasteiger partial charge in [0, 0.05) is 26.7 Å². The fourth-order valence-corrected chi connectivity index (χ4v) is 3.52. The van der Waals surface area contributed by atoms with Gasteiger partial charge in [-0.3, -0.25) is 14.9 Å². The number of carbonyl (C=O) groups excluding carboxylic acids is 2. The number of fused-ring (bicyclic) bond motifs is 1. The number of thiophene rings is 1. The van der Waals surface area contributed by atoms with Crippen molar-refractivity contribution in [1.29, 1.82) is 0 Å². The van der Waals surface area contributed by atoms with E-state index in [0.29, 0.717) is 15.5 Å². The summed E-state index contributed by atoms with van der Waals surface area (Å²) in [4.78, 5) is 34.6. The van der Waals surface area contributed by atoms with Crippen LogP contribution in [0.15, 0.2) is 53.0 Å². The van der Waals surface area contributed by atoms with Crippen LogP contribution in [0.1, 0.15) is 9.67 Å². The second kappa shape index (κ2) is 7.63. The maximum absolute atomic E-state index is 12.1. The van der Waals surface area contributed by atoms with E-state index in [1.54, 1.807) is 24.3 Å². The molecule has 1 heterocycles. The van der Waals surface area contributed by atoms with Gasteiger partial charge in [0.25, 0.3) is 11.6 Å². The van der Waals surface area contributed by atoms with Crippen molar-refractivity contribution in [2.24, 2.45) is 0 Å². The highest BCUT2D eigenvalue weighted by atomic mass is 79.9. The van der Waals surface area contributed by atoms with Gasteiger partial charge in [0.2, 0.25) is 0 Å². The fraction of sp³-hybridized carbons (Fsp3) is 0.0588. The minimum atomic E-state index is -0.656. The molecule has 0 saturated carbocycles. The Morgan fingerprint density at radius 3 is 2.69 bits per heavy atom. The molecule has 0 unspecified atom stereocenters. The summed E-state index contributed by atoms with van der Waals surface area (Å²) in [5, 5.41) is 14.0. The van der Waals surface area contributed by atoms with Crippen molar-refractivity contribution in [3.8, 4) is 0 Å². The molecule has 3 rings (SSSR count). The molecule has 132 valence electrons. The van der Waals surface area contributed by atoms with Gasteiger partial charge in [0.15, 0.2) is 6.61 Å². The molecule has 0 atom stereocenters. The minimum Gasteiger partial charge on any atom is -0.451 e. The van der Waals surface area contributed by atoms with E-state index in [9.17, 15) is 19.7 Å². The number of non-ortho nitro benzene ring substituents is 1. The summed E-state index contributed by atoms with van der Waals surface area (Å²) >= 11 is 4.46. The molecule has 7 nitrogen and oxygen atoms in total. The summed E-state index contributed by atoms with van der Waals surface area (Å²) in [6.45, 7) is -0.436. The zero-order valence-electron chi connectivity index (χ0n) is 13.1. The minimum absolute atomic E-state index is 0.0527. The predicted octanol–water partition coefficient (Wildman–Crippen LogP) is 4.37. The average Bonchev–Trinajstić information content (AvgIpc) is 3.05. The lowest BCUT2D eigenvalue weighted by Crippen LogP contribution is -2.20. The molecule has 0 aliphatic heterocycles. The number of benzene rings is 2. The van der Waals surface area contributed by atoms with Crippen LogP contribution in [0.4, 0.5) is 11.4 Å². The van der Waals surface area contributed by atoms with Crippen LogP contribution in [0.2, 0.25) is 0 Å². The molecule has 2 aromatic carbocycles. The Kier molecular flexibility index (Phi) is 5.29. The third kappa shape index (κ3) is 4.06. The van der Waals surface area contributed by atoms with Crippen molar-refractivity contribution >= 4 is 60.6 Å². The maximum atomic E-state index is 12.1. The SMILES string of the molecule is O=C(COC(=O)c1cc2cc([N+](=O)[O-])ccc2s1)Nc1ccccc1Br. The second-order valence-electron chi connectivity index (χ2n) is 5.19. The smallest absolute Gasteiger partial charge is 0.348 e. The molecular weight excluding hydrogens is 424 g/mol. The quantitative estimate of drug-likeness (QED) is 0.365. The third-order valence-corrected chi connectivity index (χ3v) is 5.18. The van der Waals surface area contributed by atoms with Crippen molar-refractivity contribution in [2.75, 3.05) is 11.9 Å². The number of carbonyl (C=O) groups is 2. The standard InChI is InChI=1S/C17H11BrN2O5S/c18-12-3-1-2-4-13(12)19-16(21)9-25-17(22)15-8-10-7-11(20(23)24)5-6-14(10)26-15/h1-8H,9H2,(H,19,21). The highest BCUT2D eigenvalue weighted by molar-refractivity contribution is 9.10. The maximum Gasteiger partial charge on any atom is 0.348 e. The van der Waals surface area contributed by atoms with Crippen LogP contribution in [0.5, 0.6) is 0 Å². The molecule has 9 heteroatoms. The number of para-hydroxylation sites is 1. The molecule has 0 saturated heterocycles. The summed E-state index contributed by atoms with van der Waals surface area (Å²) in [6, 6.07) is 12.9. The van der Waals surface area contributed by atoms with Crippen molar-refractivity contribution < 1.29 is 19.2 Å². The van der Waals surface area contributed by atoms with Crippen LogP contribution in [0.25, 0.3) is 10.1 Å². The zero-order chi connectivity index (χ0) is 18.7. The molecule has 0 radical (unpaired) electrons. The van der Waals surface area contributed by atoms with Crippen molar-refractivity contribution in [3.63, 3.8) is 0 Å². The van der Waals surface area contributed by atoms with Crippen LogP contribution in [-0.4, -0.2) is 23.4 Å². The Bertz CT molecular complexity index is 1020. The summed E-state index contributed by atoms with van der Waals surface area (Å²) in [5.74, 6) is -1.13. The van der Waals surface area contributed by atoms with E-state index in [4.69, 9.17) is 4.74 Å². The van der Waals surface area contributed by atoms with E-state index < -0.39 is 23.4 Å². The number of esters is 1. The first-order valence-electron chi connectivity index (χ1n) is 7.33. The number of amides is 1. The van der Waals surface area contributed by atoms with E-state index in [1.165, 1.54) is 18.2 Å². The molecule has 1 aromatic heterocycles. The molecular formula is C17H11BrN2O5S. The Hall–Kier alpha value is -2.78. The van der Waals surface area contributed by atoms with Gasteiger partial charge in [0.1, 0.15) is 4.88 Å². The van der Waals surface area contributed by atoms with Crippen LogP contribution in [0, 0.1) is 10.1 Å². The Morgan fingerprint density at radius 1 is 1.19 bits per heavy atom.